The lowest BCUT2D eigenvalue weighted by atomic mass is 9.72. The monoisotopic (exact) mass is 319 g/mol. The fraction of sp³-hybridized carbons (Fsp3) is 0.824. The van der Waals surface area contributed by atoms with Gasteiger partial charge in [0.1, 0.15) is 6.33 Å². The van der Waals surface area contributed by atoms with Crippen molar-refractivity contribution >= 4 is 5.91 Å². The van der Waals surface area contributed by atoms with E-state index >= 15 is 0 Å². The van der Waals surface area contributed by atoms with Gasteiger partial charge in [-0.2, -0.15) is 0 Å². The van der Waals surface area contributed by atoms with Gasteiger partial charge >= 0.3 is 0 Å². The molecule has 2 aliphatic rings. The van der Waals surface area contributed by atoms with E-state index in [4.69, 9.17) is 0 Å². The summed E-state index contributed by atoms with van der Waals surface area (Å²) in [5.41, 5.74) is -0.205. The number of amides is 1. The molecule has 1 aliphatic heterocycles. The van der Waals surface area contributed by atoms with Crippen LogP contribution in [0.1, 0.15) is 56.8 Å². The van der Waals surface area contributed by atoms with Gasteiger partial charge in [-0.3, -0.25) is 4.79 Å². The highest BCUT2D eigenvalue weighted by atomic mass is 16.2. The lowest BCUT2D eigenvalue weighted by molar-refractivity contribution is -0.146. The zero-order valence-corrected chi connectivity index (χ0v) is 14.7. The van der Waals surface area contributed by atoms with E-state index in [-0.39, 0.29) is 11.5 Å². The number of carbonyl (C=O) groups excluding carboxylic acids is 1. The number of hydrogen-bond donors (Lipinski definition) is 0. The van der Waals surface area contributed by atoms with Crippen LogP contribution in [0.3, 0.4) is 0 Å². The molecule has 0 aromatic carbocycles. The SMILES string of the molecule is CN(C)CC1(C(=O)N2CCCC2c2nncn2C)CCCCC1. The average molecular weight is 319 g/mol. The minimum atomic E-state index is -0.205. The molecular weight excluding hydrogens is 290 g/mol. The summed E-state index contributed by atoms with van der Waals surface area (Å²) in [5, 5.41) is 8.27. The van der Waals surface area contributed by atoms with Crippen LogP contribution in [0.25, 0.3) is 0 Å². The largest absolute Gasteiger partial charge is 0.332 e. The number of likely N-dealkylation sites (tertiary alicyclic amines) is 1. The van der Waals surface area contributed by atoms with Crippen molar-refractivity contribution in [1.29, 1.82) is 0 Å². The topological polar surface area (TPSA) is 54.3 Å². The van der Waals surface area contributed by atoms with Gasteiger partial charge in [0.05, 0.1) is 11.5 Å². The molecule has 0 spiro atoms. The van der Waals surface area contributed by atoms with Gasteiger partial charge in [0.2, 0.25) is 5.91 Å². The van der Waals surface area contributed by atoms with Crippen LogP contribution < -0.4 is 0 Å². The Morgan fingerprint density at radius 1 is 1.30 bits per heavy atom. The number of rotatable bonds is 4. The van der Waals surface area contributed by atoms with Gasteiger partial charge in [-0.15, -0.1) is 10.2 Å². The summed E-state index contributed by atoms with van der Waals surface area (Å²) < 4.78 is 1.95. The highest BCUT2D eigenvalue weighted by Crippen LogP contribution is 2.42. The third kappa shape index (κ3) is 3.13. The van der Waals surface area contributed by atoms with Gasteiger partial charge in [0.15, 0.2) is 5.82 Å². The lowest BCUT2D eigenvalue weighted by Gasteiger charge is -2.41. The highest BCUT2D eigenvalue weighted by molar-refractivity contribution is 5.83. The Hall–Kier alpha value is -1.43. The molecular formula is C17H29N5O. The summed E-state index contributed by atoms with van der Waals surface area (Å²) in [6.07, 6.45) is 9.42. The molecule has 128 valence electrons. The lowest BCUT2D eigenvalue weighted by Crippen LogP contribution is -2.50. The first-order valence-electron chi connectivity index (χ1n) is 8.83. The van der Waals surface area contributed by atoms with Gasteiger partial charge < -0.3 is 14.4 Å². The van der Waals surface area contributed by atoms with E-state index in [1.165, 1.54) is 19.3 Å². The van der Waals surface area contributed by atoms with Gasteiger partial charge in [-0.1, -0.05) is 19.3 Å². The molecule has 1 amide bonds. The minimum absolute atomic E-state index is 0.0935. The summed E-state index contributed by atoms with van der Waals surface area (Å²) in [6, 6.07) is 0.0935. The number of hydrogen-bond acceptors (Lipinski definition) is 4. The van der Waals surface area contributed by atoms with Crippen LogP contribution in [0.4, 0.5) is 0 Å². The van der Waals surface area contributed by atoms with E-state index in [2.05, 4.69) is 34.1 Å². The maximum Gasteiger partial charge on any atom is 0.230 e. The second-order valence-electron chi connectivity index (χ2n) is 7.54. The molecule has 1 aromatic rings. The van der Waals surface area contributed by atoms with Crippen molar-refractivity contribution in [2.45, 2.75) is 51.0 Å². The third-order valence-corrected chi connectivity index (χ3v) is 5.44. The number of nitrogens with zero attached hydrogens (tertiary/aromatic N) is 5. The second-order valence-corrected chi connectivity index (χ2v) is 7.54. The molecule has 1 aromatic heterocycles. The molecule has 0 bridgehead atoms. The maximum absolute atomic E-state index is 13.5. The predicted molar refractivity (Wildman–Crippen MR) is 88.8 cm³/mol. The Labute approximate surface area is 138 Å². The Balaban J connectivity index is 1.85. The van der Waals surface area contributed by atoms with Crippen LogP contribution in [0.15, 0.2) is 6.33 Å². The highest BCUT2D eigenvalue weighted by Gasteiger charge is 2.46. The first kappa shape index (κ1) is 16.4. The predicted octanol–water partition coefficient (Wildman–Crippen LogP) is 1.99. The quantitative estimate of drug-likeness (QED) is 0.852. The molecule has 1 unspecified atom stereocenters. The van der Waals surface area contributed by atoms with Crippen LogP contribution in [-0.2, 0) is 11.8 Å². The molecule has 0 N–H and O–H groups in total. The summed E-state index contributed by atoms with van der Waals surface area (Å²) in [5.74, 6) is 1.27. The molecule has 3 rings (SSSR count). The molecule has 0 radical (unpaired) electrons. The fourth-order valence-corrected chi connectivity index (χ4v) is 4.45. The molecule has 2 heterocycles. The summed E-state index contributed by atoms with van der Waals surface area (Å²) in [4.78, 5) is 17.8. The first-order valence-corrected chi connectivity index (χ1v) is 8.83. The molecule has 1 saturated carbocycles. The molecule has 1 atom stereocenters. The van der Waals surface area contributed by atoms with E-state index in [1.54, 1.807) is 6.33 Å². The van der Waals surface area contributed by atoms with Crippen LogP contribution in [0.5, 0.6) is 0 Å². The zero-order valence-electron chi connectivity index (χ0n) is 14.7. The van der Waals surface area contributed by atoms with Crippen molar-refractivity contribution in [2.24, 2.45) is 12.5 Å². The van der Waals surface area contributed by atoms with Crippen LogP contribution in [0, 0.1) is 5.41 Å². The van der Waals surface area contributed by atoms with Gasteiger partial charge in [-0.05, 0) is 39.8 Å². The Morgan fingerprint density at radius 3 is 2.65 bits per heavy atom. The van der Waals surface area contributed by atoms with Crippen molar-refractivity contribution in [1.82, 2.24) is 24.6 Å². The molecule has 6 nitrogen and oxygen atoms in total. The Bertz CT molecular complexity index is 547. The van der Waals surface area contributed by atoms with Gasteiger partial charge in [0.25, 0.3) is 0 Å². The van der Waals surface area contributed by atoms with Crippen LogP contribution >= 0.6 is 0 Å². The fourth-order valence-electron chi connectivity index (χ4n) is 4.45. The van der Waals surface area contributed by atoms with Crippen molar-refractivity contribution in [3.8, 4) is 0 Å². The number of carbonyl (C=O) groups is 1. The Morgan fingerprint density at radius 2 is 2.04 bits per heavy atom. The average Bonchev–Trinajstić information content (AvgIpc) is 3.14. The van der Waals surface area contributed by atoms with E-state index < -0.39 is 0 Å². The smallest absolute Gasteiger partial charge is 0.230 e. The van der Waals surface area contributed by atoms with Crippen molar-refractivity contribution in [3.63, 3.8) is 0 Å². The third-order valence-electron chi connectivity index (χ3n) is 5.44. The minimum Gasteiger partial charge on any atom is -0.332 e. The summed E-state index contributed by atoms with van der Waals surface area (Å²) in [6.45, 7) is 1.71. The van der Waals surface area contributed by atoms with E-state index in [0.717, 1.165) is 44.6 Å². The van der Waals surface area contributed by atoms with Crippen molar-refractivity contribution in [3.05, 3.63) is 12.2 Å². The van der Waals surface area contributed by atoms with Crippen LogP contribution in [-0.4, -0.2) is 57.7 Å². The van der Waals surface area contributed by atoms with Crippen molar-refractivity contribution < 1.29 is 4.79 Å². The second kappa shape index (κ2) is 6.59. The molecule has 1 saturated heterocycles. The van der Waals surface area contributed by atoms with E-state index in [0.29, 0.717) is 5.91 Å². The Kier molecular flexibility index (Phi) is 4.71. The molecule has 2 fully saturated rings. The number of aromatic nitrogens is 3. The first-order chi connectivity index (χ1) is 11.0. The standard InChI is InChI=1S/C17H29N5O/c1-20(2)12-17(9-5-4-6-10-17)16(23)22-11-7-8-14(22)15-19-18-13-21(15)3/h13-14H,4-12H2,1-3H3. The van der Waals surface area contributed by atoms with E-state index in [1.807, 2.05) is 11.6 Å². The summed E-state index contributed by atoms with van der Waals surface area (Å²) in [7, 11) is 6.12. The zero-order chi connectivity index (χ0) is 16.4. The normalized spacial score (nSPS) is 24.3. The summed E-state index contributed by atoms with van der Waals surface area (Å²) >= 11 is 0. The number of aryl methyl sites for hydroxylation is 1. The van der Waals surface area contributed by atoms with Gasteiger partial charge in [-0.25, -0.2) is 0 Å². The van der Waals surface area contributed by atoms with Gasteiger partial charge in [0, 0.05) is 20.1 Å². The molecule has 1 aliphatic carbocycles. The maximum atomic E-state index is 13.5. The molecule has 23 heavy (non-hydrogen) atoms. The van der Waals surface area contributed by atoms with E-state index in [9.17, 15) is 4.79 Å². The van der Waals surface area contributed by atoms with Crippen molar-refractivity contribution in [2.75, 3.05) is 27.2 Å². The van der Waals surface area contributed by atoms with Crippen LogP contribution in [0.2, 0.25) is 0 Å². The molecule has 6 heteroatoms.